The first-order valence-corrected chi connectivity index (χ1v) is 1.22. The van der Waals surface area contributed by atoms with Crippen molar-refractivity contribution >= 4 is 0 Å². The predicted molar refractivity (Wildman–Crippen MR) is 17.8 cm³/mol. The van der Waals surface area contributed by atoms with Crippen LogP contribution >= 0.6 is 0 Å². The van der Waals surface area contributed by atoms with Crippen molar-refractivity contribution in [3.63, 3.8) is 0 Å². The Bertz CT molecular complexity index is 14.5. The average molecular weight is 179 g/mol. The van der Waals surface area contributed by atoms with Crippen molar-refractivity contribution in [2.75, 3.05) is 21.3 Å². The summed E-state index contributed by atoms with van der Waals surface area (Å²) >= 11 is 0. The minimum atomic E-state index is 0. The average Bonchev–Trinajstić information content (AvgIpc) is 1.81. The molecule has 1 radical (unpaired) electrons. The second-order valence-corrected chi connectivity index (χ2v) is 0. The summed E-state index contributed by atoms with van der Waals surface area (Å²) in [6, 6.07) is 0. The molecule has 0 aromatic rings. The van der Waals surface area contributed by atoms with E-state index >= 15 is 0 Å². The van der Waals surface area contributed by atoms with Crippen LogP contribution in [0.4, 0.5) is 0 Å². The van der Waals surface area contributed by atoms with Crippen LogP contribution in [0.25, 0.3) is 0 Å². The first-order valence-electron chi connectivity index (χ1n) is 1.22. The molecule has 0 atom stereocenters. The SMILES string of the molecule is C[O-].C[O-].C[O-].[Cl-].[V+4]. The molecule has 0 bridgehead atoms. The van der Waals surface area contributed by atoms with E-state index in [1.807, 2.05) is 0 Å². The monoisotopic (exact) mass is 179 g/mol. The van der Waals surface area contributed by atoms with Crippen LogP contribution in [-0.4, -0.2) is 21.3 Å². The molecule has 5 heteroatoms. The van der Waals surface area contributed by atoms with Crippen LogP contribution in [0.5, 0.6) is 0 Å². The molecule has 3 nitrogen and oxygen atoms in total. The molecule has 0 fully saturated rings. The van der Waals surface area contributed by atoms with Crippen LogP contribution in [0.2, 0.25) is 0 Å². The predicted octanol–water partition coefficient (Wildman–Crippen LogP) is -6.07. The second kappa shape index (κ2) is 622. The summed E-state index contributed by atoms with van der Waals surface area (Å²) in [7, 11) is 2.25. The summed E-state index contributed by atoms with van der Waals surface area (Å²) in [5, 5.41) is 24.8. The molecular formula is C3H9ClO3V. The third-order valence-electron chi connectivity index (χ3n) is 0. The fourth-order valence-electron chi connectivity index (χ4n) is 0. The molecule has 0 aliphatic heterocycles. The van der Waals surface area contributed by atoms with Gasteiger partial charge in [-0.25, -0.2) is 0 Å². The Balaban J connectivity index is -0.00000000500. The zero-order valence-electron chi connectivity index (χ0n) is 5.05. The molecule has 0 N–H and O–H groups in total. The van der Waals surface area contributed by atoms with E-state index in [4.69, 9.17) is 15.3 Å². The van der Waals surface area contributed by atoms with E-state index in [0.29, 0.717) is 0 Å². The normalized spacial score (nSPS) is 2.25. The maximum atomic E-state index is 8.25. The van der Waals surface area contributed by atoms with Gasteiger partial charge in [0.25, 0.3) is 0 Å². The Morgan fingerprint density at radius 1 is 0.625 bits per heavy atom. The summed E-state index contributed by atoms with van der Waals surface area (Å²) in [5.74, 6) is 0. The molecule has 0 aliphatic rings. The zero-order valence-corrected chi connectivity index (χ0v) is 7.20. The molecule has 0 heterocycles. The van der Waals surface area contributed by atoms with Gasteiger partial charge in [0.15, 0.2) is 0 Å². The molecule has 0 aromatic carbocycles. The van der Waals surface area contributed by atoms with Crippen LogP contribution in [0.15, 0.2) is 0 Å². The van der Waals surface area contributed by atoms with Crippen LogP contribution in [-0.2, 0) is 18.6 Å². The minimum absolute atomic E-state index is 0. The van der Waals surface area contributed by atoms with Crippen molar-refractivity contribution in [3.8, 4) is 0 Å². The molecule has 51 valence electrons. The molecule has 0 unspecified atom stereocenters. The van der Waals surface area contributed by atoms with E-state index in [0.717, 1.165) is 21.3 Å². The molecule has 0 saturated heterocycles. The van der Waals surface area contributed by atoms with Gasteiger partial charge in [0.05, 0.1) is 0 Å². The number of rotatable bonds is 0. The standard InChI is InChI=1S/3CH3O.ClH.V/c3*1-2;;/h3*1H3;1H;/q3*-1;;+4/p-1. The van der Waals surface area contributed by atoms with E-state index in [1.54, 1.807) is 0 Å². The summed E-state index contributed by atoms with van der Waals surface area (Å²) in [5.41, 5.74) is 0. The van der Waals surface area contributed by atoms with Gasteiger partial charge in [0, 0.05) is 0 Å². The first-order chi connectivity index (χ1) is 3.00. The van der Waals surface area contributed by atoms with Gasteiger partial charge in [0.2, 0.25) is 0 Å². The van der Waals surface area contributed by atoms with E-state index in [9.17, 15) is 0 Å². The van der Waals surface area contributed by atoms with E-state index in [2.05, 4.69) is 0 Å². The Morgan fingerprint density at radius 2 is 0.625 bits per heavy atom. The van der Waals surface area contributed by atoms with Crippen molar-refractivity contribution in [3.05, 3.63) is 0 Å². The van der Waals surface area contributed by atoms with Crippen LogP contribution in [0.3, 0.4) is 0 Å². The third kappa shape index (κ3) is 393. The minimum Gasteiger partial charge on any atom is -1.00 e. The maximum absolute atomic E-state index is 8.25. The van der Waals surface area contributed by atoms with E-state index < -0.39 is 0 Å². The Morgan fingerprint density at radius 3 is 0.625 bits per heavy atom. The molecule has 0 spiro atoms. The molecule has 0 aromatic heterocycles. The van der Waals surface area contributed by atoms with Gasteiger partial charge in [-0.1, -0.05) is 0 Å². The van der Waals surface area contributed by atoms with Gasteiger partial charge in [0.1, 0.15) is 0 Å². The Kier molecular flexibility index (Phi) is 2900. The van der Waals surface area contributed by atoms with Crippen molar-refractivity contribution in [2.45, 2.75) is 0 Å². The summed E-state index contributed by atoms with van der Waals surface area (Å²) < 4.78 is 0. The van der Waals surface area contributed by atoms with Gasteiger partial charge >= 0.3 is 18.6 Å². The van der Waals surface area contributed by atoms with Crippen LogP contribution in [0.1, 0.15) is 0 Å². The third-order valence-corrected chi connectivity index (χ3v) is 0. The van der Waals surface area contributed by atoms with Gasteiger partial charge < -0.3 is 27.7 Å². The van der Waals surface area contributed by atoms with E-state index in [-0.39, 0.29) is 31.0 Å². The van der Waals surface area contributed by atoms with Crippen molar-refractivity contribution in [2.24, 2.45) is 0 Å². The second-order valence-electron chi connectivity index (χ2n) is 0. The molecular weight excluding hydrogens is 170 g/mol. The first kappa shape index (κ1) is 37.3. The molecule has 0 rings (SSSR count). The molecule has 8 heavy (non-hydrogen) atoms. The zero-order chi connectivity index (χ0) is 6.00. The quantitative estimate of drug-likeness (QED) is 0.372. The Labute approximate surface area is 68.0 Å². The van der Waals surface area contributed by atoms with Crippen molar-refractivity contribution in [1.82, 2.24) is 0 Å². The van der Waals surface area contributed by atoms with E-state index in [1.165, 1.54) is 0 Å². The van der Waals surface area contributed by atoms with Crippen molar-refractivity contribution in [1.29, 1.82) is 0 Å². The van der Waals surface area contributed by atoms with Gasteiger partial charge in [-0.15, -0.1) is 0 Å². The van der Waals surface area contributed by atoms with Gasteiger partial charge in [-0.3, -0.25) is 0 Å². The topological polar surface area (TPSA) is 69.2 Å². The Hall–Kier alpha value is 0.754. The maximum Gasteiger partial charge on any atom is 4.00 e. The summed E-state index contributed by atoms with van der Waals surface area (Å²) in [6.07, 6.45) is 0. The van der Waals surface area contributed by atoms with Gasteiger partial charge in [-0.2, -0.15) is 21.3 Å². The fraction of sp³-hybridized carbons (Fsp3) is 1.00. The number of hydrogen-bond acceptors (Lipinski definition) is 3. The molecule has 0 aliphatic carbocycles. The van der Waals surface area contributed by atoms with Crippen LogP contribution < -0.4 is 27.7 Å². The number of hydrogen-bond donors (Lipinski definition) is 0. The molecule has 0 saturated carbocycles. The van der Waals surface area contributed by atoms with Gasteiger partial charge in [-0.05, 0) is 0 Å². The summed E-state index contributed by atoms with van der Waals surface area (Å²) in [4.78, 5) is 0. The molecule has 0 amide bonds. The summed E-state index contributed by atoms with van der Waals surface area (Å²) in [6.45, 7) is 0. The van der Waals surface area contributed by atoms with Crippen LogP contribution in [0, 0.1) is 0 Å². The largest absolute Gasteiger partial charge is 4.00 e. The number of halogens is 1. The fourth-order valence-corrected chi connectivity index (χ4v) is 0. The smallest absolute Gasteiger partial charge is 1.00 e. The van der Waals surface area contributed by atoms with Crippen molar-refractivity contribution < 1.29 is 46.3 Å².